The number of benzene rings is 1. The highest BCUT2D eigenvalue weighted by Crippen LogP contribution is 2.18. The number of halogens is 2. The summed E-state index contributed by atoms with van der Waals surface area (Å²) in [5.74, 6) is -0.186. The molecule has 0 saturated carbocycles. The molecule has 0 fully saturated rings. The molecule has 0 unspecified atom stereocenters. The summed E-state index contributed by atoms with van der Waals surface area (Å²) in [5, 5.41) is 2.83. The summed E-state index contributed by atoms with van der Waals surface area (Å²) in [6.07, 6.45) is 2.30. The van der Waals surface area contributed by atoms with E-state index in [2.05, 4.69) is 20.9 Å². The Kier molecular flexibility index (Phi) is 2.93. The van der Waals surface area contributed by atoms with E-state index in [1.165, 1.54) is 6.07 Å². The van der Waals surface area contributed by atoms with E-state index in [1.54, 1.807) is 23.6 Å². The van der Waals surface area contributed by atoms with E-state index in [0.29, 0.717) is 12.0 Å². The summed E-state index contributed by atoms with van der Waals surface area (Å²) in [6, 6.07) is 5.09. The molecule has 0 aliphatic heterocycles. The molecule has 0 N–H and O–H groups in total. The molecule has 0 atom stereocenters. The molecule has 0 amide bonds. The van der Waals surface area contributed by atoms with Crippen LogP contribution in [0.25, 0.3) is 0 Å². The fourth-order valence-corrected chi connectivity index (χ4v) is 2.14. The van der Waals surface area contributed by atoms with Gasteiger partial charge in [0, 0.05) is 22.5 Å². The van der Waals surface area contributed by atoms with Crippen LogP contribution in [0.4, 0.5) is 4.39 Å². The van der Waals surface area contributed by atoms with Crippen LogP contribution < -0.4 is 0 Å². The van der Waals surface area contributed by atoms with Gasteiger partial charge in [-0.3, -0.25) is 0 Å². The highest BCUT2D eigenvalue weighted by molar-refractivity contribution is 9.10. The second-order valence-corrected chi connectivity index (χ2v) is 4.73. The van der Waals surface area contributed by atoms with Crippen molar-refractivity contribution in [3.63, 3.8) is 0 Å². The lowest BCUT2D eigenvalue weighted by molar-refractivity contribution is 0.613. The van der Waals surface area contributed by atoms with Crippen LogP contribution in [0.1, 0.15) is 10.6 Å². The van der Waals surface area contributed by atoms with Gasteiger partial charge in [0.25, 0.3) is 0 Å². The zero-order valence-corrected chi connectivity index (χ0v) is 9.61. The van der Waals surface area contributed by atoms with Gasteiger partial charge < -0.3 is 0 Å². The average molecular weight is 272 g/mol. The predicted molar refractivity (Wildman–Crippen MR) is 59.0 cm³/mol. The smallest absolute Gasteiger partial charge is 0.127 e. The van der Waals surface area contributed by atoms with Crippen LogP contribution in [-0.4, -0.2) is 4.98 Å². The Balaban J connectivity index is 2.25. The second kappa shape index (κ2) is 4.19. The largest absolute Gasteiger partial charge is 0.249 e. The molecule has 14 heavy (non-hydrogen) atoms. The Labute approximate surface area is 93.7 Å². The molecular weight excluding hydrogens is 265 g/mol. The van der Waals surface area contributed by atoms with Crippen LogP contribution >= 0.6 is 27.3 Å². The quantitative estimate of drug-likeness (QED) is 0.813. The van der Waals surface area contributed by atoms with E-state index in [-0.39, 0.29) is 5.82 Å². The van der Waals surface area contributed by atoms with Gasteiger partial charge in [0.2, 0.25) is 0 Å². The molecule has 72 valence electrons. The van der Waals surface area contributed by atoms with Gasteiger partial charge in [-0.2, -0.15) is 0 Å². The Bertz CT molecular complexity index is 428. The first kappa shape index (κ1) is 9.80. The molecule has 0 radical (unpaired) electrons. The van der Waals surface area contributed by atoms with E-state index in [4.69, 9.17) is 0 Å². The maximum Gasteiger partial charge on any atom is 0.127 e. The molecule has 4 heteroatoms. The van der Waals surface area contributed by atoms with Crippen LogP contribution in [0.5, 0.6) is 0 Å². The van der Waals surface area contributed by atoms with Crippen LogP contribution in [0.2, 0.25) is 0 Å². The molecule has 0 bridgehead atoms. The first-order valence-electron chi connectivity index (χ1n) is 4.08. The molecule has 2 aromatic rings. The summed E-state index contributed by atoms with van der Waals surface area (Å²) in [4.78, 5) is 4.12. The summed E-state index contributed by atoms with van der Waals surface area (Å²) >= 11 is 4.76. The van der Waals surface area contributed by atoms with Crippen molar-refractivity contribution >= 4 is 27.3 Å². The highest BCUT2D eigenvalue weighted by atomic mass is 79.9. The van der Waals surface area contributed by atoms with Gasteiger partial charge in [0.15, 0.2) is 0 Å². The monoisotopic (exact) mass is 271 g/mol. The third-order valence-electron chi connectivity index (χ3n) is 1.84. The normalized spacial score (nSPS) is 10.4. The van der Waals surface area contributed by atoms with Gasteiger partial charge in [0.1, 0.15) is 5.82 Å². The Hall–Kier alpha value is -0.740. The van der Waals surface area contributed by atoms with Gasteiger partial charge >= 0.3 is 0 Å². The molecule has 0 aliphatic rings. The lowest BCUT2D eigenvalue weighted by Crippen LogP contribution is -1.91. The number of hydrogen-bond donors (Lipinski definition) is 0. The molecule has 0 spiro atoms. The maximum atomic E-state index is 13.4. The van der Waals surface area contributed by atoms with Gasteiger partial charge in [-0.1, -0.05) is 22.0 Å². The van der Waals surface area contributed by atoms with Crippen molar-refractivity contribution in [2.75, 3.05) is 0 Å². The molecule has 1 aromatic carbocycles. The topological polar surface area (TPSA) is 12.9 Å². The first-order valence-corrected chi connectivity index (χ1v) is 5.75. The third-order valence-corrected chi connectivity index (χ3v) is 3.11. The van der Waals surface area contributed by atoms with E-state index < -0.39 is 0 Å². The predicted octanol–water partition coefficient (Wildman–Crippen LogP) is 3.64. The molecule has 0 aliphatic carbocycles. The van der Waals surface area contributed by atoms with Crippen LogP contribution in [0.15, 0.2) is 34.2 Å². The van der Waals surface area contributed by atoms with E-state index in [1.807, 2.05) is 11.4 Å². The van der Waals surface area contributed by atoms with Gasteiger partial charge in [-0.05, 0) is 17.7 Å². The molecule has 0 saturated heterocycles. The Morgan fingerprint density at radius 1 is 1.43 bits per heavy atom. The van der Waals surface area contributed by atoms with Crippen LogP contribution in [0, 0.1) is 5.82 Å². The Morgan fingerprint density at radius 3 is 2.93 bits per heavy atom. The molecule has 2 rings (SSSR count). The highest BCUT2D eigenvalue weighted by Gasteiger charge is 2.04. The zero-order valence-electron chi connectivity index (χ0n) is 7.21. The third kappa shape index (κ3) is 2.19. The van der Waals surface area contributed by atoms with E-state index >= 15 is 0 Å². The van der Waals surface area contributed by atoms with Crippen molar-refractivity contribution in [2.24, 2.45) is 0 Å². The molecule has 1 aromatic heterocycles. The summed E-state index contributed by atoms with van der Waals surface area (Å²) in [6.45, 7) is 0. The Morgan fingerprint density at radius 2 is 2.29 bits per heavy atom. The SMILES string of the molecule is Fc1cc(Br)ccc1Cc1nccs1. The van der Waals surface area contributed by atoms with Crippen LogP contribution in [0.3, 0.4) is 0 Å². The zero-order chi connectivity index (χ0) is 9.97. The van der Waals surface area contributed by atoms with E-state index in [0.717, 1.165) is 9.48 Å². The first-order chi connectivity index (χ1) is 6.75. The van der Waals surface area contributed by atoms with Crippen molar-refractivity contribution in [3.8, 4) is 0 Å². The van der Waals surface area contributed by atoms with Crippen LogP contribution in [-0.2, 0) is 6.42 Å². The average Bonchev–Trinajstić information content (AvgIpc) is 2.62. The summed E-state index contributed by atoms with van der Waals surface area (Å²) in [7, 11) is 0. The standard InChI is InChI=1S/C10H7BrFNS/c11-8-2-1-7(9(12)6-8)5-10-13-3-4-14-10/h1-4,6H,5H2. The summed E-state index contributed by atoms with van der Waals surface area (Å²) < 4.78 is 14.2. The van der Waals surface area contributed by atoms with Crippen molar-refractivity contribution in [3.05, 3.63) is 50.6 Å². The van der Waals surface area contributed by atoms with Crippen molar-refractivity contribution in [1.82, 2.24) is 4.98 Å². The second-order valence-electron chi connectivity index (χ2n) is 2.84. The number of aromatic nitrogens is 1. The number of thiazole rings is 1. The number of hydrogen-bond acceptors (Lipinski definition) is 2. The maximum absolute atomic E-state index is 13.4. The van der Waals surface area contributed by atoms with Gasteiger partial charge in [0.05, 0.1) is 5.01 Å². The molecular formula is C10H7BrFNS. The fraction of sp³-hybridized carbons (Fsp3) is 0.100. The van der Waals surface area contributed by atoms with Gasteiger partial charge in [-0.15, -0.1) is 11.3 Å². The minimum Gasteiger partial charge on any atom is -0.249 e. The fourth-order valence-electron chi connectivity index (χ4n) is 1.17. The van der Waals surface area contributed by atoms with Crippen molar-refractivity contribution in [1.29, 1.82) is 0 Å². The van der Waals surface area contributed by atoms with Gasteiger partial charge in [-0.25, -0.2) is 9.37 Å². The molecule has 1 nitrogen and oxygen atoms in total. The van der Waals surface area contributed by atoms with Crippen molar-refractivity contribution in [2.45, 2.75) is 6.42 Å². The summed E-state index contributed by atoms with van der Waals surface area (Å²) in [5.41, 5.74) is 0.683. The minimum atomic E-state index is -0.186. The van der Waals surface area contributed by atoms with E-state index in [9.17, 15) is 4.39 Å². The molecule has 1 heterocycles. The number of nitrogens with zero attached hydrogens (tertiary/aromatic N) is 1. The minimum absolute atomic E-state index is 0.186. The lowest BCUT2D eigenvalue weighted by atomic mass is 10.1. The number of rotatable bonds is 2. The van der Waals surface area contributed by atoms with Crippen molar-refractivity contribution < 1.29 is 4.39 Å². The lowest BCUT2D eigenvalue weighted by Gasteiger charge is -2.00.